The van der Waals surface area contributed by atoms with Gasteiger partial charge in [-0.2, -0.15) is 13.2 Å². The summed E-state index contributed by atoms with van der Waals surface area (Å²) in [5.74, 6) is -0.185. The summed E-state index contributed by atoms with van der Waals surface area (Å²) in [5.41, 5.74) is 0.406. The highest BCUT2D eigenvalue weighted by atomic mass is 35.5. The maximum absolute atomic E-state index is 12.9. The largest absolute Gasteiger partial charge is 0.433 e. The molecule has 0 amide bonds. The molecule has 1 N–H and O–H groups in total. The molecule has 0 saturated heterocycles. The molecule has 6 heteroatoms. The van der Waals surface area contributed by atoms with Crippen LogP contribution in [-0.4, -0.2) is 17.0 Å². The maximum atomic E-state index is 12.9. The van der Waals surface area contributed by atoms with Crippen LogP contribution >= 0.6 is 11.6 Å². The number of alkyl halides is 3. The minimum Gasteiger partial charge on any atom is -0.392 e. The molecule has 2 nitrogen and oxygen atoms in total. The highest BCUT2D eigenvalue weighted by Crippen LogP contribution is 2.30. The van der Waals surface area contributed by atoms with Crippen molar-refractivity contribution < 1.29 is 18.3 Å². The topological polar surface area (TPSA) is 32.6 Å². The second-order valence-electron chi connectivity index (χ2n) is 4.95. The number of aliphatic imine (C=N–C) groups is 1. The lowest BCUT2D eigenvalue weighted by molar-refractivity contribution is -0.0924. The van der Waals surface area contributed by atoms with E-state index < -0.39 is 11.9 Å². The highest BCUT2D eigenvalue weighted by molar-refractivity contribution is 6.34. The van der Waals surface area contributed by atoms with Crippen molar-refractivity contribution in [2.24, 2.45) is 10.9 Å². The van der Waals surface area contributed by atoms with Crippen molar-refractivity contribution in [3.05, 3.63) is 46.1 Å². The Labute approximate surface area is 147 Å². The number of hydrogen-bond donors (Lipinski definition) is 1. The fourth-order valence-corrected chi connectivity index (χ4v) is 2.22. The van der Waals surface area contributed by atoms with Crippen molar-refractivity contribution in [3.63, 3.8) is 0 Å². The summed E-state index contributed by atoms with van der Waals surface area (Å²) in [6.45, 7) is 8.80. The van der Waals surface area contributed by atoms with E-state index in [0.29, 0.717) is 23.3 Å². The van der Waals surface area contributed by atoms with Crippen LogP contribution in [0.4, 0.5) is 13.2 Å². The SMILES string of the molecule is C/C=C(\N=C(c1ccc(CO)cc1Cl)C(C)CC)C(F)(F)F.CC. The zero-order valence-corrected chi connectivity index (χ0v) is 15.5. The van der Waals surface area contributed by atoms with Gasteiger partial charge in [0.05, 0.1) is 12.3 Å². The molecule has 0 bridgehead atoms. The molecule has 0 fully saturated rings. The van der Waals surface area contributed by atoms with Gasteiger partial charge in [-0.15, -0.1) is 0 Å². The quantitative estimate of drug-likeness (QED) is 0.624. The second kappa shape index (κ2) is 10.5. The van der Waals surface area contributed by atoms with E-state index in [0.717, 1.165) is 6.08 Å². The Bertz CT molecular complexity index is 580. The summed E-state index contributed by atoms with van der Waals surface area (Å²) in [6, 6.07) is 4.77. The van der Waals surface area contributed by atoms with Crippen LogP contribution in [0, 0.1) is 5.92 Å². The maximum Gasteiger partial charge on any atom is 0.433 e. The van der Waals surface area contributed by atoms with Gasteiger partial charge in [0.2, 0.25) is 0 Å². The summed E-state index contributed by atoms with van der Waals surface area (Å²) in [5, 5.41) is 9.37. The molecular weight excluding hydrogens is 339 g/mol. The zero-order valence-electron chi connectivity index (χ0n) is 14.7. The molecule has 0 heterocycles. The summed E-state index contributed by atoms with van der Waals surface area (Å²) in [4.78, 5) is 3.83. The Morgan fingerprint density at radius 3 is 2.29 bits per heavy atom. The first-order chi connectivity index (χ1) is 11.2. The number of aliphatic hydroxyl groups excluding tert-OH is 1. The van der Waals surface area contributed by atoms with E-state index in [9.17, 15) is 13.2 Å². The zero-order chi connectivity index (χ0) is 18.9. The van der Waals surface area contributed by atoms with E-state index in [2.05, 4.69) is 4.99 Å². The molecule has 0 aromatic heterocycles. The lowest BCUT2D eigenvalue weighted by Crippen LogP contribution is -2.17. The van der Waals surface area contributed by atoms with E-state index >= 15 is 0 Å². The molecule has 1 aromatic rings. The Hall–Kier alpha value is -1.33. The Kier molecular flexibility index (Phi) is 9.93. The summed E-state index contributed by atoms with van der Waals surface area (Å²) in [6.07, 6.45) is -2.94. The molecule has 24 heavy (non-hydrogen) atoms. The third-order valence-corrected chi connectivity index (χ3v) is 3.69. The van der Waals surface area contributed by atoms with Gasteiger partial charge in [0.15, 0.2) is 0 Å². The Balaban J connectivity index is 0.00000254. The van der Waals surface area contributed by atoms with E-state index in [1.165, 1.54) is 13.0 Å². The van der Waals surface area contributed by atoms with Crippen LogP contribution in [0.15, 0.2) is 35.0 Å². The molecule has 0 aliphatic rings. The van der Waals surface area contributed by atoms with Gasteiger partial charge in [-0.25, -0.2) is 4.99 Å². The third-order valence-electron chi connectivity index (χ3n) is 3.38. The van der Waals surface area contributed by atoms with Crippen molar-refractivity contribution in [2.75, 3.05) is 0 Å². The van der Waals surface area contributed by atoms with Crippen molar-refractivity contribution in [1.82, 2.24) is 0 Å². The average molecular weight is 364 g/mol. The third kappa shape index (κ3) is 6.29. The number of nitrogens with zero attached hydrogens (tertiary/aromatic N) is 1. The summed E-state index contributed by atoms with van der Waals surface area (Å²) >= 11 is 6.15. The highest BCUT2D eigenvalue weighted by Gasteiger charge is 2.34. The molecule has 0 aliphatic carbocycles. The van der Waals surface area contributed by atoms with Crippen LogP contribution in [0.25, 0.3) is 0 Å². The fraction of sp³-hybridized carbons (Fsp3) is 0.500. The van der Waals surface area contributed by atoms with Crippen molar-refractivity contribution >= 4 is 17.3 Å². The molecule has 1 atom stereocenters. The molecule has 136 valence electrons. The molecule has 0 spiro atoms. The molecular formula is C18H25ClF3NO. The van der Waals surface area contributed by atoms with Crippen LogP contribution in [-0.2, 0) is 6.61 Å². The van der Waals surface area contributed by atoms with Crippen molar-refractivity contribution in [1.29, 1.82) is 0 Å². The predicted octanol–water partition coefficient (Wildman–Crippen LogP) is 6.16. The second-order valence-corrected chi connectivity index (χ2v) is 5.36. The first-order valence-corrected chi connectivity index (χ1v) is 8.34. The monoisotopic (exact) mass is 363 g/mol. The number of allylic oxidation sites excluding steroid dienone is 2. The Morgan fingerprint density at radius 1 is 1.33 bits per heavy atom. The van der Waals surface area contributed by atoms with Gasteiger partial charge in [-0.3, -0.25) is 0 Å². The predicted molar refractivity (Wildman–Crippen MR) is 94.5 cm³/mol. The Morgan fingerprint density at radius 2 is 1.92 bits per heavy atom. The van der Waals surface area contributed by atoms with Crippen molar-refractivity contribution in [3.8, 4) is 0 Å². The number of halogens is 4. The van der Waals surface area contributed by atoms with Gasteiger partial charge in [0.1, 0.15) is 5.70 Å². The number of aliphatic hydroxyl groups is 1. The first kappa shape index (κ1) is 22.7. The smallest absolute Gasteiger partial charge is 0.392 e. The number of benzene rings is 1. The molecule has 0 radical (unpaired) electrons. The van der Waals surface area contributed by atoms with Gasteiger partial charge in [0.25, 0.3) is 0 Å². The average Bonchev–Trinajstić information content (AvgIpc) is 2.56. The lowest BCUT2D eigenvalue weighted by atomic mass is 9.95. The molecule has 0 aliphatic heterocycles. The standard InChI is InChI=1S/C16H19ClF3NO.C2H6/c1-4-10(3)15(21-14(5-2)16(18,19)20)12-7-6-11(9-22)8-13(12)17;1-2/h5-8,10,22H,4,9H2,1-3H3;1-2H3/b14-5-,21-15?;. The first-order valence-electron chi connectivity index (χ1n) is 7.96. The molecule has 0 saturated carbocycles. The summed E-state index contributed by atoms with van der Waals surface area (Å²) in [7, 11) is 0. The van der Waals surface area contributed by atoms with Gasteiger partial charge in [-0.1, -0.05) is 57.5 Å². The van der Waals surface area contributed by atoms with Gasteiger partial charge >= 0.3 is 6.18 Å². The van der Waals surface area contributed by atoms with E-state index in [1.807, 2.05) is 20.8 Å². The number of hydrogen-bond acceptors (Lipinski definition) is 2. The minimum absolute atomic E-state index is 0.182. The minimum atomic E-state index is -4.51. The normalized spacial score (nSPS) is 14.1. The molecule has 1 aromatic carbocycles. The van der Waals surface area contributed by atoms with Gasteiger partial charge in [-0.05, 0) is 30.9 Å². The van der Waals surface area contributed by atoms with Gasteiger partial charge in [0, 0.05) is 10.6 Å². The van der Waals surface area contributed by atoms with Crippen LogP contribution < -0.4 is 0 Å². The number of rotatable bonds is 5. The molecule has 1 rings (SSSR count). The van der Waals surface area contributed by atoms with E-state index in [1.54, 1.807) is 19.1 Å². The summed E-state index contributed by atoms with van der Waals surface area (Å²) < 4.78 is 38.8. The van der Waals surface area contributed by atoms with Crippen LogP contribution in [0.5, 0.6) is 0 Å². The van der Waals surface area contributed by atoms with Crippen LogP contribution in [0.3, 0.4) is 0 Å². The van der Waals surface area contributed by atoms with Crippen LogP contribution in [0.2, 0.25) is 5.02 Å². The van der Waals surface area contributed by atoms with Crippen LogP contribution in [0.1, 0.15) is 52.2 Å². The van der Waals surface area contributed by atoms with Gasteiger partial charge < -0.3 is 5.11 Å². The molecule has 1 unspecified atom stereocenters. The van der Waals surface area contributed by atoms with E-state index in [-0.39, 0.29) is 17.5 Å². The fourth-order valence-electron chi connectivity index (χ4n) is 1.92. The lowest BCUT2D eigenvalue weighted by Gasteiger charge is -2.17. The van der Waals surface area contributed by atoms with Crippen molar-refractivity contribution in [2.45, 2.75) is 53.8 Å². The van der Waals surface area contributed by atoms with E-state index in [4.69, 9.17) is 16.7 Å².